The Hall–Kier alpha value is -7.16. The highest BCUT2D eigenvalue weighted by Gasteiger charge is 2.38. The number of rotatable bonds is 2. The molecule has 0 atom stereocenters. The van der Waals surface area contributed by atoms with Crippen LogP contribution in [0.1, 0.15) is 103 Å². The SMILES string of the molecule is CC(C)(C)c1ccc2c(c1)c1cc3c(cc1n2-c1ccc2ccc4c(-n5c6ccc(C(C)(C)C)cc6c6cc7c(cc65)C(C)(C)c5ccccc5-7)ccc5ccc1c2c54)C(C)(C)c1ccccc1-3. The molecule has 0 radical (unpaired) electrons. The standard InChI is InChI=1S/C66H56N2/c1-63(2,3)39-23-29-57-47(31-39)49-33-45-41-15-11-13-17-51(41)65(7,8)53(45)35-59(49)67(57)55-27-21-37-20-26-44-56(28-22-38-19-25-43(55)61(37)62(38)44)68-58-30-24-40(64(4,5)6)32-48(58)50-34-46-42-16-12-14-18-52(42)66(9,10)54(46)36-60(50)68/h11-36H,1-10H3. The molecule has 2 heterocycles. The number of hydrogen-bond donors (Lipinski definition) is 0. The lowest BCUT2D eigenvalue weighted by Crippen LogP contribution is -2.15. The van der Waals surface area contributed by atoms with Crippen LogP contribution in [-0.2, 0) is 21.7 Å². The zero-order valence-corrected chi connectivity index (χ0v) is 40.9. The first-order valence-corrected chi connectivity index (χ1v) is 24.7. The number of nitrogens with zero attached hydrogens (tertiary/aromatic N) is 2. The van der Waals surface area contributed by atoms with Crippen molar-refractivity contribution in [3.63, 3.8) is 0 Å². The van der Waals surface area contributed by atoms with E-state index >= 15 is 0 Å². The van der Waals surface area contributed by atoms with Gasteiger partial charge in [0, 0.05) is 43.1 Å². The fraction of sp³-hybridized carbons (Fsp3) is 0.212. The third-order valence-electron chi connectivity index (χ3n) is 16.8. The molecule has 2 heteroatoms. The maximum atomic E-state index is 2.59. The third-order valence-corrected chi connectivity index (χ3v) is 16.8. The van der Waals surface area contributed by atoms with Crippen LogP contribution in [0.15, 0.2) is 158 Å². The Kier molecular flexibility index (Phi) is 7.57. The van der Waals surface area contributed by atoms with Crippen molar-refractivity contribution < 1.29 is 0 Å². The summed E-state index contributed by atoms with van der Waals surface area (Å²) in [6.07, 6.45) is 0. The Morgan fingerprint density at radius 1 is 0.324 bits per heavy atom. The summed E-state index contributed by atoms with van der Waals surface area (Å²) in [4.78, 5) is 0. The summed E-state index contributed by atoms with van der Waals surface area (Å²) < 4.78 is 5.17. The minimum absolute atomic E-state index is 0.0190. The number of fused-ring (bicyclic) bond motifs is 12. The van der Waals surface area contributed by atoms with E-state index < -0.39 is 0 Å². The average molecular weight is 877 g/mol. The Balaban J connectivity index is 1.06. The van der Waals surface area contributed by atoms with E-state index in [9.17, 15) is 0 Å². The Morgan fingerprint density at radius 3 is 1.12 bits per heavy atom. The van der Waals surface area contributed by atoms with Crippen molar-refractivity contribution in [1.29, 1.82) is 0 Å². The van der Waals surface area contributed by atoms with Crippen molar-refractivity contribution >= 4 is 75.9 Å². The molecule has 10 aromatic carbocycles. The predicted octanol–water partition coefficient (Wildman–Crippen LogP) is 18.0. The van der Waals surface area contributed by atoms with E-state index in [-0.39, 0.29) is 21.7 Å². The summed E-state index contributed by atoms with van der Waals surface area (Å²) >= 11 is 0. The van der Waals surface area contributed by atoms with Crippen LogP contribution in [0.4, 0.5) is 0 Å². The van der Waals surface area contributed by atoms with Gasteiger partial charge in [0.2, 0.25) is 0 Å². The van der Waals surface area contributed by atoms with Crippen LogP contribution < -0.4 is 0 Å². The lowest BCUT2D eigenvalue weighted by Gasteiger charge is -2.22. The van der Waals surface area contributed by atoms with Gasteiger partial charge in [0.05, 0.1) is 33.4 Å². The van der Waals surface area contributed by atoms with Gasteiger partial charge in [-0.25, -0.2) is 0 Å². The molecule has 0 amide bonds. The zero-order chi connectivity index (χ0) is 46.6. The van der Waals surface area contributed by atoms with Gasteiger partial charge in [0.1, 0.15) is 0 Å². The van der Waals surface area contributed by atoms with Gasteiger partial charge in [0.15, 0.2) is 0 Å². The van der Waals surface area contributed by atoms with Crippen LogP contribution in [-0.4, -0.2) is 9.13 Å². The summed E-state index contributed by atoms with van der Waals surface area (Å²) in [7, 11) is 0. The van der Waals surface area contributed by atoms with Crippen molar-refractivity contribution in [3.8, 4) is 33.6 Å². The van der Waals surface area contributed by atoms with Crippen molar-refractivity contribution in [2.45, 2.75) is 90.9 Å². The van der Waals surface area contributed by atoms with Crippen LogP contribution in [0, 0.1) is 0 Å². The molecule has 0 unspecified atom stereocenters. The molecule has 0 bridgehead atoms. The second kappa shape index (κ2) is 12.9. The summed E-state index contributed by atoms with van der Waals surface area (Å²) in [5.41, 5.74) is 21.0. The van der Waals surface area contributed by atoms with Gasteiger partial charge in [-0.15, -0.1) is 0 Å². The fourth-order valence-electron chi connectivity index (χ4n) is 13.0. The maximum Gasteiger partial charge on any atom is 0.0544 e. The molecule has 0 aliphatic heterocycles. The number of benzene rings is 10. The molecule has 330 valence electrons. The lowest BCUT2D eigenvalue weighted by molar-refractivity contribution is 0.591. The largest absolute Gasteiger partial charge is 0.309 e. The van der Waals surface area contributed by atoms with Gasteiger partial charge >= 0.3 is 0 Å². The highest BCUT2D eigenvalue weighted by Crippen LogP contribution is 2.54. The van der Waals surface area contributed by atoms with E-state index in [1.165, 1.54) is 143 Å². The lowest BCUT2D eigenvalue weighted by atomic mass is 9.82. The molecule has 12 aromatic rings. The van der Waals surface area contributed by atoms with Crippen molar-refractivity contribution in [2.24, 2.45) is 0 Å². The number of aromatic nitrogens is 2. The van der Waals surface area contributed by atoms with E-state index in [0.717, 1.165) is 0 Å². The molecule has 2 aliphatic carbocycles. The Bertz CT molecular complexity index is 3930. The van der Waals surface area contributed by atoms with Crippen molar-refractivity contribution in [2.75, 3.05) is 0 Å². The Morgan fingerprint density at radius 2 is 0.706 bits per heavy atom. The van der Waals surface area contributed by atoms with Gasteiger partial charge in [0.25, 0.3) is 0 Å². The van der Waals surface area contributed by atoms with Crippen LogP contribution in [0.25, 0.3) is 110 Å². The van der Waals surface area contributed by atoms with E-state index in [1.807, 2.05) is 0 Å². The predicted molar refractivity (Wildman–Crippen MR) is 291 cm³/mol. The molecule has 0 saturated heterocycles. The van der Waals surface area contributed by atoms with Gasteiger partial charge in [-0.1, -0.05) is 166 Å². The molecule has 2 aliphatic rings. The van der Waals surface area contributed by atoms with E-state index in [0.29, 0.717) is 0 Å². The van der Waals surface area contributed by atoms with E-state index in [4.69, 9.17) is 0 Å². The molecule has 68 heavy (non-hydrogen) atoms. The van der Waals surface area contributed by atoms with Crippen molar-refractivity contribution in [3.05, 3.63) is 191 Å². The molecule has 2 nitrogen and oxygen atoms in total. The van der Waals surface area contributed by atoms with Crippen LogP contribution in [0.3, 0.4) is 0 Å². The summed E-state index contributed by atoms with van der Waals surface area (Å²) in [6.45, 7) is 23.6. The van der Waals surface area contributed by atoms with Crippen LogP contribution in [0.2, 0.25) is 0 Å². The van der Waals surface area contributed by atoms with Gasteiger partial charge in [-0.05, 0) is 149 Å². The monoisotopic (exact) mass is 876 g/mol. The number of hydrogen-bond acceptors (Lipinski definition) is 0. The molecule has 14 rings (SSSR count). The van der Waals surface area contributed by atoms with E-state index in [1.54, 1.807) is 0 Å². The first-order valence-electron chi connectivity index (χ1n) is 24.7. The zero-order valence-electron chi connectivity index (χ0n) is 40.9. The molecule has 0 spiro atoms. The smallest absolute Gasteiger partial charge is 0.0544 e. The summed E-state index contributed by atoms with van der Waals surface area (Å²) in [6, 6.07) is 61.6. The first kappa shape index (κ1) is 40.0. The molecular formula is C66H56N2. The van der Waals surface area contributed by atoms with Crippen LogP contribution >= 0.6 is 0 Å². The second-order valence-electron chi connectivity index (χ2n) is 23.4. The maximum absolute atomic E-state index is 2.59. The van der Waals surface area contributed by atoms with Gasteiger partial charge in [-0.2, -0.15) is 0 Å². The molecule has 0 fully saturated rings. The van der Waals surface area contributed by atoms with E-state index in [2.05, 4.69) is 236 Å². The Labute approximate surface area is 398 Å². The molecular weight excluding hydrogens is 821 g/mol. The second-order valence-corrected chi connectivity index (χ2v) is 23.4. The quantitative estimate of drug-likeness (QED) is 0.153. The highest BCUT2D eigenvalue weighted by molar-refractivity contribution is 6.27. The summed E-state index contributed by atoms with van der Waals surface area (Å²) in [5, 5.41) is 13.0. The first-order chi connectivity index (χ1) is 32.5. The molecule has 2 aromatic heterocycles. The third kappa shape index (κ3) is 5.08. The topological polar surface area (TPSA) is 9.86 Å². The van der Waals surface area contributed by atoms with Crippen LogP contribution in [0.5, 0.6) is 0 Å². The highest BCUT2D eigenvalue weighted by atomic mass is 15.0. The minimum atomic E-state index is -0.113. The molecule has 0 N–H and O–H groups in total. The van der Waals surface area contributed by atoms with Gasteiger partial charge in [-0.3, -0.25) is 0 Å². The fourth-order valence-corrected chi connectivity index (χ4v) is 13.0. The van der Waals surface area contributed by atoms with Gasteiger partial charge < -0.3 is 9.13 Å². The molecule has 0 saturated carbocycles. The normalized spacial score (nSPS) is 15.1. The average Bonchev–Trinajstić information content (AvgIpc) is 3.96. The van der Waals surface area contributed by atoms with Crippen molar-refractivity contribution in [1.82, 2.24) is 9.13 Å². The minimum Gasteiger partial charge on any atom is -0.309 e. The summed E-state index contributed by atoms with van der Waals surface area (Å²) in [5.74, 6) is 0.